The summed E-state index contributed by atoms with van der Waals surface area (Å²) in [6.07, 6.45) is -3.58. The summed E-state index contributed by atoms with van der Waals surface area (Å²) < 4.78 is 41.1. The Morgan fingerprint density at radius 2 is 2.00 bits per heavy atom. The van der Waals surface area contributed by atoms with Gasteiger partial charge in [-0.1, -0.05) is 0 Å². The van der Waals surface area contributed by atoms with Crippen molar-refractivity contribution in [3.05, 3.63) is 23.5 Å². The Labute approximate surface area is 73.4 Å². The minimum absolute atomic E-state index is 0.148. The van der Waals surface area contributed by atoms with Gasteiger partial charge in [0, 0.05) is 6.20 Å². The fourth-order valence-electron chi connectivity index (χ4n) is 0.875. The zero-order valence-electron chi connectivity index (χ0n) is 7.14. The van der Waals surface area contributed by atoms with Crippen molar-refractivity contribution in [1.82, 2.24) is 4.98 Å². The first kappa shape index (κ1) is 9.83. The van der Waals surface area contributed by atoms with Crippen LogP contribution in [0.3, 0.4) is 0 Å². The molecule has 1 rings (SSSR count). The summed E-state index contributed by atoms with van der Waals surface area (Å²) in [6, 6.07) is 0.933. The molecule has 0 fully saturated rings. The van der Waals surface area contributed by atoms with Crippen molar-refractivity contribution in [2.45, 2.75) is 13.1 Å². The molecule has 1 aromatic heterocycles. The highest BCUT2D eigenvalue weighted by Gasteiger charge is 2.31. The SMILES string of the molecule is COc1cc(C(F)(F)F)cnc1C. The second-order valence-electron chi connectivity index (χ2n) is 2.51. The highest BCUT2D eigenvalue weighted by molar-refractivity contribution is 5.31. The van der Waals surface area contributed by atoms with Crippen molar-refractivity contribution in [1.29, 1.82) is 0 Å². The van der Waals surface area contributed by atoms with E-state index in [1.807, 2.05) is 0 Å². The van der Waals surface area contributed by atoms with E-state index in [1.54, 1.807) is 6.92 Å². The molecule has 0 saturated carbocycles. The molecule has 0 radical (unpaired) electrons. The van der Waals surface area contributed by atoms with Gasteiger partial charge < -0.3 is 4.74 Å². The molecular weight excluding hydrogens is 183 g/mol. The molecule has 0 aliphatic carbocycles. The largest absolute Gasteiger partial charge is 0.495 e. The second-order valence-corrected chi connectivity index (χ2v) is 2.51. The van der Waals surface area contributed by atoms with Gasteiger partial charge in [0.1, 0.15) is 5.75 Å². The Morgan fingerprint density at radius 3 is 2.46 bits per heavy atom. The van der Waals surface area contributed by atoms with Gasteiger partial charge in [-0.2, -0.15) is 13.2 Å². The van der Waals surface area contributed by atoms with Crippen LogP contribution in [0.1, 0.15) is 11.3 Å². The third kappa shape index (κ3) is 2.11. The van der Waals surface area contributed by atoms with E-state index < -0.39 is 11.7 Å². The fourth-order valence-corrected chi connectivity index (χ4v) is 0.875. The van der Waals surface area contributed by atoms with E-state index in [-0.39, 0.29) is 5.75 Å². The van der Waals surface area contributed by atoms with Gasteiger partial charge in [-0.3, -0.25) is 4.98 Å². The first-order valence-corrected chi connectivity index (χ1v) is 3.53. The van der Waals surface area contributed by atoms with E-state index in [1.165, 1.54) is 7.11 Å². The minimum Gasteiger partial charge on any atom is -0.495 e. The van der Waals surface area contributed by atoms with Crippen molar-refractivity contribution in [2.75, 3.05) is 7.11 Å². The average molecular weight is 191 g/mol. The lowest BCUT2D eigenvalue weighted by Gasteiger charge is -2.09. The van der Waals surface area contributed by atoms with E-state index in [2.05, 4.69) is 4.98 Å². The van der Waals surface area contributed by atoms with Crippen molar-refractivity contribution in [3.8, 4) is 5.75 Å². The Bertz CT molecular complexity index is 309. The molecule has 2 nitrogen and oxygen atoms in total. The number of halogens is 3. The number of ether oxygens (including phenoxy) is 1. The molecule has 72 valence electrons. The Morgan fingerprint density at radius 1 is 1.38 bits per heavy atom. The number of nitrogens with zero attached hydrogens (tertiary/aromatic N) is 1. The predicted molar refractivity (Wildman–Crippen MR) is 40.5 cm³/mol. The molecule has 0 unspecified atom stereocenters. The third-order valence-corrected chi connectivity index (χ3v) is 1.59. The lowest BCUT2D eigenvalue weighted by molar-refractivity contribution is -0.137. The monoisotopic (exact) mass is 191 g/mol. The molecule has 0 saturated heterocycles. The lowest BCUT2D eigenvalue weighted by Crippen LogP contribution is -2.06. The van der Waals surface area contributed by atoms with E-state index in [4.69, 9.17) is 4.74 Å². The van der Waals surface area contributed by atoms with Gasteiger partial charge in [0.15, 0.2) is 0 Å². The fraction of sp³-hybridized carbons (Fsp3) is 0.375. The number of methoxy groups -OCH3 is 1. The number of pyridine rings is 1. The maximum Gasteiger partial charge on any atom is 0.418 e. The van der Waals surface area contributed by atoms with Crippen LogP contribution in [0.25, 0.3) is 0 Å². The van der Waals surface area contributed by atoms with Crippen LogP contribution in [-0.2, 0) is 6.18 Å². The topological polar surface area (TPSA) is 22.1 Å². The molecule has 0 atom stereocenters. The van der Waals surface area contributed by atoms with Crippen molar-refractivity contribution >= 4 is 0 Å². The molecule has 0 bridgehead atoms. The van der Waals surface area contributed by atoms with Crippen LogP contribution in [0.2, 0.25) is 0 Å². The Balaban J connectivity index is 3.14. The van der Waals surface area contributed by atoms with Crippen LogP contribution in [0.5, 0.6) is 5.75 Å². The van der Waals surface area contributed by atoms with Crippen LogP contribution >= 0.6 is 0 Å². The Kier molecular flexibility index (Phi) is 2.45. The van der Waals surface area contributed by atoms with Gasteiger partial charge in [0.25, 0.3) is 0 Å². The summed E-state index contributed by atoms with van der Waals surface area (Å²) in [4.78, 5) is 3.57. The van der Waals surface area contributed by atoms with E-state index in [0.717, 1.165) is 12.3 Å². The minimum atomic E-state index is -4.37. The van der Waals surface area contributed by atoms with Crippen LogP contribution in [0.4, 0.5) is 13.2 Å². The molecular formula is C8H8F3NO. The molecule has 0 aliphatic rings. The number of hydrogen-bond donors (Lipinski definition) is 0. The van der Waals surface area contributed by atoms with E-state index in [0.29, 0.717) is 5.69 Å². The van der Waals surface area contributed by atoms with Gasteiger partial charge in [0.2, 0.25) is 0 Å². The molecule has 0 spiro atoms. The summed E-state index contributed by atoms with van der Waals surface area (Å²) in [5, 5.41) is 0. The maximum absolute atomic E-state index is 12.1. The van der Waals surface area contributed by atoms with Crippen LogP contribution in [0, 0.1) is 6.92 Å². The van der Waals surface area contributed by atoms with Gasteiger partial charge >= 0.3 is 6.18 Å². The van der Waals surface area contributed by atoms with Crippen LogP contribution < -0.4 is 4.74 Å². The van der Waals surface area contributed by atoms with Crippen molar-refractivity contribution < 1.29 is 17.9 Å². The molecule has 13 heavy (non-hydrogen) atoms. The Hall–Kier alpha value is -1.26. The number of alkyl halides is 3. The lowest BCUT2D eigenvalue weighted by atomic mass is 10.2. The van der Waals surface area contributed by atoms with Crippen molar-refractivity contribution in [3.63, 3.8) is 0 Å². The summed E-state index contributed by atoms with van der Waals surface area (Å²) in [7, 11) is 1.31. The van der Waals surface area contributed by atoms with E-state index >= 15 is 0 Å². The van der Waals surface area contributed by atoms with Gasteiger partial charge in [-0.15, -0.1) is 0 Å². The first-order chi connectivity index (χ1) is 5.95. The third-order valence-electron chi connectivity index (χ3n) is 1.59. The normalized spacial score (nSPS) is 11.5. The highest BCUT2D eigenvalue weighted by atomic mass is 19.4. The average Bonchev–Trinajstić information content (AvgIpc) is 2.03. The smallest absolute Gasteiger partial charge is 0.418 e. The van der Waals surface area contributed by atoms with Crippen molar-refractivity contribution in [2.24, 2.45) is 0 Å². The summed E-state index contributed by atoms with van der Waals surface area (Å²) in [5.41, 5.74) is -0.356. The molecule has 0 aromatic carbocycles. The zero-order valence-corrected chi connectivity index (χ0v) is 7.14. The quantitative estimate of drug-likeness (QED) is 0.680. The van der Waals surface area contributed by atoms with Gasteiger partial charge in [-0.05, 0) is 13.0 Å². The van der Waals surface area contributed by atoms with Crippen LogP contribution in [0.15, 0.2) is 12.3 Å². The summed E-state index contributed by atoms with van der Waals surface area (Å²) in [5.74, 6) is 0.148. The number of aromatic nitrogens is 1. The molecule has 1 aromatic rings. The summed E-state index contributed by atoms with van der Waals surface area (Å²) >= 11 is 0. The van der Waals surface area contributed by atoms with Gasteiger partial charge in [0.05, 0.1) is 18.4 Å². The predicted octanol–water partition coefficient (Wildman–Crippen LogP) is 2.42. The highest BCUT2D eigenvalue weighted by Crippen LogP contribution is 2.31. The number of aryl methyl sites for hydroxylation is 1. The summed E-state index contributed by atoms with van der Waals surface area (Å²) in [6.45, 7) is 1.58. The molecule has 0 aliphatic heterocycles. The number of hydrogen-bond acceptors (Lipinski definition) is 2. The second kappa shape index (κ2) is 3.24. The van der Waals surface area contributed by atoms with E-state index in [9.17, 15) is 13.2 Å². The molecule has 1 heterocycles. The van der Waals surface area contributed by atoms with Crippen LogP contribution in [-0.4, -0.2) is 12.1 Å². The first-order valence-electron chi connectivity index (χ1n) is 3.53. The maximum atomic E-state index is 12.1. The zero-order chi connectivity index (χ0) is 10.1. The molecule has 0 N–H and O–H groups in total. The number of rotatable bonds is 1. The molecule has 0 amide bonds. The molecule has 5 heteroatoms. The standard InChI is InChI=1S/C8H8F3NO/c1-5-7(13-2)3-6(4-12-5)8(9,10)11/h3-4H,1-2H3. The van der Waals surface area contributed by atoms with Gasteiger partial charge in [-0.25, -0.2) is 0 Å².